The van der Waals surface area contributed by atoms with Gasteiger partial charge in [-0.1, -0.05) is 30.9 Å². The van der Waals surface area contributed by atoms with Gasteiger partial charge in [-0.2, -0.15) is 13.2 Å². The molecule has 1 aliphatic carbocycles. The lowest BCUT2D eigenvalue weighted by Crippen LogP contribution is -2.36. The van der Waals surface area contributed by atoms with Crippen molar-refractivity contribution in [1.82, 2.24) is 0 Å². The zero-order valence-electron chi connectivity index (χ0n) is 11.8. The minimum Gasteiger partial charge on any atom is -0.391 e. The van der Waals surface area contributed by atoms with E-state index in [1.165, 1.54) is 0 Å². The smallest absolute Gasteiger partial charge is 0.391 e. The molecule has 1 saturated carbocycles. The van der Waals surface area contributed by atoms with E-state index in [1.807, 2.05) is 0 Å². The van der Waals surface area contributed by atoms with Crippen molar-refractivity contribution in [3.63, 3.8) is 0 Å². The van der Waals surface area contributed by atoms with Gasteiger partial charge in [-0.3, -0.25) is 0 Å². The molecule has 22 heavy (non-hydrogen) atoms. The molecule has 2 rings (SSSR count). The second kappa shape index (κ2) is 6.72. The quantitative estimate of drug-likeness (QED) is 0.800. The van der Waals surface area contributed by atoms with E-state index in [-0.39, 0.29) is 5.92 Å². The van der Waals surface area contributed by atoms with E-state index in [0.29, 0.717) is 18.9 Å². The molecule has 0 amide bonds. The predicted octanol–water partition coefficient (Wildman–Crippen LogP) is 4.44. The number of halogens is 5. The Hall–Kier alpha value is -0.850. The van der Waals surface area contributed by atoms with Crippen LogP contribution < -0.4 is 5.73 Å². The van der Waals surface area contributed by atoms with Gasteiger partial charge in [-0.25, -0.2) is 4.39 Å². The molecule has 0 heterocycles. The highest BCUT2D eigenvalue weighted by molar-refractivity contribution is 6.30. The Bertz CT molecular complexity index is 529. The van der Waals surface area contributed by atoms with E-state index < -0.39 is 40.3 Å². The first-order valence-electron chi connectivity index (χ1n) is 7.22. The number of hydrogen-bond donors (Lipinski definition) is 2. The van der Waals surface area contributed by atoms with E-state index in [2.05, 4.69) is 0 Å². The first kappa shape index (κ1) is 17.5. The van der Waals surface area contributed by atoms with Crippen LogP contribution in [0.15, 0.2) is 12.1 Å². The molecule has 1 fully saturated rings. The molecule has 0 aliphatic heterocycles. The van der Waals surface area contributed by atoms with Crippen LogP contribution in [0.2, 0.25) is 5.02 Å². The fourth-order valence-electron chi connectivity index (χ4n) is 3.08. The van der Waals surface area contributed by atoms with Crippen LogP contribution in [0.3, 0.4) is 0 Å². The van der Waals surface area contributed by atoms with Crippen molar-refractivity contribution in [3.05, 3.63) is 34.1 Å². The Balaban J connectivity index is 2.39. The van der Waals surface area contributed by atoms with E-state index in [0.717, 1.165) is 25.3 Å². The van der Waals surface area contributed by atoms with Crippen LogP contribution in [0.5, 0.6) is 0 Å². The Morgan fingerprint density at radius 1 is 1.18 bits per heavy atom. The lowest BCUT2D eigenvalue weighted by molar-refractivity contribution is -0.139. The molecule has 2 atom stereocenters. The van der Waals surface area contributed by atoms with Gasteiger partial charge in [0.05, 0.1) is 22.7 Å². The molecule has 3 N–H and O–H groups in total. The second-order valence-electron chi connectivity index (χ2n) is 5.73. The van der Waals surface area contributed by atoms with Crippen molar-refractivity contribution < 1.29 is 22.7 Å². The molecule has 2 nitrogen and oxygen atoms in total. The third-order valence-electron chi connectivity index (χ3n) is 4.27. The standard InChI is InChI=1S/C15H18ClF4NO/c16-10-7-6-9(15(18,19)20)11(12(10)17)13(21)14(22)8-4-2-1-3-5-8/h6-8,13-14,22H,1-5,21H2/t13-,14+/m1/s1. The van der Waals surface area contributed by atoms with Gasteiger partial charge in [-0.05, 0) is 30.9 Å². The van der Waals surface area contributed by atoms with Gasteiger partial charge in [0, 0.05) is 5.56 Å². The lowest BCUT2D eigenvalue weighted by atomic mass is 9.80. The maximum absolute atomic E-state index is 14.1. The van der Waals surface area contributed by atoms with Crippen LogP contribution in [-0.2, 0) is 6.18 Å². The highest BCUT2D eigenvalue weighted by Gasteiger charge is 2.39. The molecule has 0 radical (unpaired) electrons. The van der Waals surface area contributed by atoms with Gasteiger partial charge in [0.1, 0.15) is 5.82 Å². The molecule has 0 aromatic heterocycles. The lowest BCUT2D eigenvalue weighted by Gasteiger charge is -2.32. The van der Waals surface area contributed by atoms with Crippen molar-refractivity contribution in [3.8, 4) is 0 Å². The number of nitrogens with two attached hydrogens (primary N) is 1. The molecule has 0 spiro atoms. The van der Waals surface area contributed by atoms with E-state index in [9.17, 15) is 22.7 Å². The largest absolute Gasteiger partial charge is 0.416 e. The summed E-state index contributed by atoms with van der Waals surface area (Å²) in [5.41, 5.74) is 3.85. The topological polar surface area (TPSA) is 46.2 Å². The summed E-state index contributed by atoms with van der Waals surface area (Å²) in [6.07, 6.45) is -1.83. The van der Waals surface area contributed by atoms with Crippen LogP contribution in [0.25, 0.3) is 0 Å². The van der Waals surface area contributed by atoms with Crippen molar-refractivity contribution in [2.45, 2.75) is 50.4 Å². The molecule has 0 unspecified atom stereocenters. The van der Waals surface area contributed by atoms with E-state index >= 15 is 0 Å². The van der Waals surface area contributed by atoms with Gasteiger partial charge < -0.3 is 10.8 Å². The minimum atomic E-state index is -4.76. The molecule has 7 heteroatoms. The summed E-state index contributed by atoms with van der Waals surface area (Å²) in [4.78, 5) is 0. The minimum absolute atomic E-state index is 0.219. The number of aliphatic hydroxyl groups excluding tert-OH is 1. The summed E-state index contributed by atoms with van der Waals surface area (Å²) >= 11 is 5.59. The summed E-state index contributed by atoms with van der Waals surface area (Å²) in [5.74, 6) is -1.43. The molecule has 1 aromatic rings. The van der Waals surface area contributed by atoms with Gasteiger partial charge in [-0.15, -0.1) is 0 Å². The van der Waals surface area contributed by atoms with Crippen LogP contribution >= 0.6 is 11.6 Å². The molecule has 0 saturated heterocycles. The number of alkyl halides is 3. The second-order valence-corrected chi connectivity index (χ2v) is 6.14. The van der Waals surface area contributed by atoms with E-state index in [4.69, 9.17) is 17.3 Å². The number of aliphatic hydroxyl groups is 1. The maximum Gasteiger partial charge on any atom is 0.416 e. The number of benzene rings is 1. The molecule has 124 valence electrons. The highest BCUT2D eigenvalue weighted by Crippen LogP contribution is 2.40. The van der Waals surface area contributed by atoms with Crippen molar-refractivity contribution >= 4 is 11.6 Å². The zero-order chi connectivity index (χ0) is 16.5. The maximum atomic E-state index is 14.1. The fourth-order valence-corrected chi connectivity index (χ4v) is 3.24. The monoisotopic (exact) mass is 339 g/mol. The van der Waals surface area contributed by atoms with Crippen molar-refractivity contribution in [2.75, 3.05) is 0 Å². The van der Waals surface area contributed by atoms with Crippen LogP contribution in [0, 0.1) is 11.7 Å². The number of rotatable bonds is 3. The summed E-state index contributed by atoms with van der Waals surface area (Å²) in [6.45, 7) is 0. The third kappa shape index (κ3) is 3.55. The first-order chi connectivity index (χ1) is 10.2. The van der Waals surface area contributed by atoms with Gasteiger partial charge in [0.25, 0.3) is 0 Å². The summed E-state index contributed by atoms with van der Waals surface area (Å²) in [6, 6.07) is 0.0929. The van der Waals surface area contributed by atoms with Crippen molar-refractivity contribution in [1.29, 1.82) is 0 Å². The summed E-state index contributed by atoms with van der Waals surface area (Å²) < 4.78 is 53.4. The highest BCUT2D eigenvalue weighted by atomic mass is 35.5. The molecule has 0 bridgehead atoms. The van der Waals surface area contributed by atoms with Crippen LogP contribution in [0.1, 0.15) is 49.3 Å². The van der Waals surface area contributed by atoms with Crippen LogP contribution in [-0.4, -0.2) is 11.2 Å². The predicted molar refractivity (Wildman–Crippen MR) is 75.9 cm³/mol. The SMILES string of the molecule is N[C@H](c1c(C(F)(F)F)ccc(Cl)c1F)[C@@H](O)C1CCCCC1. The Kier molecular flexibility index (Phi) is 5.35. The average Bonchev–Trinajstić information content (AvgIpc) is 2.48. The Morgan fingerprint density at radius 3 is 2.32 bits per heavy atom. The first-order valence-corrected chi connectivity index (χ1v) is 7.60. The van der Waals surface area contributed by atoms with Crippen LogP contribution in [0.4, 0.5) is 17.6 Å². The molecule has 1 aromatic carbocycles. The average molecular weight is 340 g/mol. The summed E-state index contributed by atoms with van der Waals surface area (Å²) in [5, 5.41) is 9.86. The molecular formula is C15H18ClF4NO. The Morgan fingerprint density at radius 2 is 1.77 bits per heavy atom. The molecule has 1 aliphatic rings. The van der Waals surface area contributed by atoms with Gasteiger partial charge in [0.2, 0.25) is 0 Å². The van der Waals surface area contributed by atoms with Gasteiger partial charge >= 0.3 is 6.18 Å². The van der Waals surface area contributed by atoms with Crippen molar-refractivity contribution in [2.24, 2.45) is 11.7 Å². The molecular weight excluding hydrogens is 322 g/mol. The number of hydrogen-bond acceptors (Lipinski definition) is 2. The Labute approximate surface area is 131 Å². The van der Waals surface area contributed by atoms with E-state index in [1.54, 1.807) is 0 Å². The van der Waals surface area contributed by atoms with Gasteiger partial charge in [0.15, 0.2) is 0 Å². The third-order valence-corrected chi connectivity index (χ3v) is 4.56. The fraction of sp³-hybridized carbons (Fsp3) is 0.600. The zero-order valence-corrected chi connectivity index (χ0v) is 12.6. The normalized spacial score (nSPS) is 20.0. The summed E-state index contributed by atoms with van der Waals surface area (Å²) in [7, 11) is 0.